The Bertz CT molecular complexity index is 1110. The summed E-state index contributed by atoms with van der Waals surface area (Å²) in [5.74, 6) is 0.929. The van der Waals surface area contributed by atoms with Crippen molar-refractivity contribution in [3.63, 3.8) is 0 Å². The molecule has 0 bridgehead atoms. The molecule has 0 spiro atoms. The lowest BCUT2D eigenvalue weighted by atomic mass is 10.1. The molecule has 4 rings (SSSR count). The average molecular weight is 406 g/mol. The molecule has 0 aliphatic heterocycles. The van der Waals surface area contributed by atoms with E-state index in [9.17, 15) is 0 Å². The zero-order valence-electron chi connectivity index (χ0n) is 15.9. The normalized spacial score (nSPS) is 10.9. The maximum Gasteiger partial charge on any atom is 0.232 e. The SMILES string of the molecule is Cn1nc(-c2ccccc2)cc1Oc1nc(Cl)ccc1-c1ccc(CCN)cn1. The van der Waals surface area contributed by atoms with Gasteiger partial charge >= 0.3 is 0 Å². The molecule has 0 aliphatic carbocycles. The van der Waals surface area contributed by atoms with Gasteiger partial charge < -0.3 is 10.5 Å². The van der Waals surface area contributed by atoms with Gasteiger partial charge in [0.05, 0.1) is 17.0 Å². The number of aromatic nitrogens is 4. The number of hydrogen-bond donors (Lipinski definition) is 1. The standard InChI is InChI=1S/C22H20ClN5O/c1-28-21(13-19(27-28)16-5-3-2-4-6-16)29-22-17(8-10-20(23)26-22)18-9-7-15(11-12-24)14-25-18/h2-10,13-14H,11-12,24H2,1H3. The molecule has 0 aliphatic rings. The minimum absolute atomic E-state index is 0.342. The van der Waals surface area contributed by atoms with Crippen molar-refractivity contribution in [3.8, 4) is 34.3 Å². The highest BCUT2D eigenvalue weighted by molar-refractivity contribution is 6.29. The second-order valence-corrected chi connectivity index (χ2v) is 6.92. The summed E-state index contributed by atoms with van der Waals surface area (Å²) in [6, 6.07) is 19.3. The van der Waals surface area contributed by atoms with Gasteiger partial charge in [-0.25, -0.2) is 9.67 Å². The first-order chi connectivity index (χ1) is 14.1. The summed E-state index contributed by atoms with van der Waals surface area (Å²) in [6.45, 7) is 0.585. The monoisotopic (exact) mass is 405 g/mol. The van der Waals surface area contributed by atoms with Crippen LogP contribution in [0, 0.1) is 0 Å². The van der Waals surface area contributed by atoms with Gasteiger partial charge in [0.15, 0.2) is 0 Å². The fourth-order valence-corrected chi connectivity index (χ4v) is 3.12. The molecule has 6 nitrogen and oxygen atoms in total. The summed E-state index contributed by atoms with van der Waals surface area (Å²) in [5, 5.41) is 4.88. The van der Waals surface area contributed by atoms with Crippen molar-refractivity contribution in [2.24, 2.45) is 12.8 Å². The first kappa shape index (κ1) is 19.1. The molecule has 1 aromatic carbocycles. The van der Waals surface area contributed by atoms with Crippen LogP contribution < -0.4 is 10.5 Å². The number of halogens is 1. The lowest BCUT2D eigenvalue weighted by Crippen LogP contribution is -2.03. The Morgan fingerprint density at radius 3 is 2.59 bits per heavy atom. The highest BCUT2D eigenvalue weighted by Crippen LogP contribution is 2.33. The second kappa shape index (κ2) is 8.43. The number of pyridine rings is 2. The van der Waals surface area contributed by atoms with Gasteiger partial charge in [-0.15, -0.1) is 0 Å². The lowest BCUT2D eigenvalue weighted by Gasteiger charge is -2.10. The summed E-state index contributed by atoms with van der Waals surface area (Å²) in [4.78, 5) is 8.90. The van der Waals surface area contributed by atoms with Crippen molar-refractivity contribution >= 4 is 11.6 Å². The van der Waals surface area contributed by atoms with Crippen LogP contribution in [0.15, 0.2) is 66.9 Å². The van der Waals surface area contributed by atoms with E-state index in [1.54, 1.807) is 10.7 Å². The third-order valence-electron chi connectivity index (χ3n) is 4.47. The quantitative estimate of drug-likeness (QED) is 0.478. The van der Waals surface area contributed by atoms with Gasteiger partial charge in [0.2, 0.25) is 11.8 Å². The van der Waals surface area contributed by atoms with Crippen LogP contribution in [0.4, 0.5) is 0 Å². The van der Waals surface area contributed by atoms with Crippen molar-refractivity contribution < 1.29 is 4.74 Å². The van der Waals surface area contributed by atoms with E-state index in [4.69, 9.17) is 22.1 Å². The fraction of sp³-hybridized carbons (Fsp3) is 0.136. The predicted octanol–water partition coefficient (Wildman–Crippen LogP) is 4.49. The summed E-state index contributed by atoms with van der Waals surface area (Å²) in [5.41, 5.74) is 10.0. The van der Waals surface area contributed by atoms with Crippen LogP contribution in [0.2, 0.25) is 5.15 Å². The zero-order chi connectivity index (χ0) is 20.2. The Labute approximate surface area is 174 Å². The number of ether oxygens (including phenoxy) is 1. The van der Waals surface area contributed by atoms with Crippen LogP contribution in [-0.2, 0) is 13.5 Å². The summed E-state index contributed by atoms with van der Waals surface area (Å²) < 4.78 is 7.77. The molecule has 2 N–H and O–H groups in total. The lowest BCUT2D eigenvalue weighted by molar-refractivity contribution is 0.417. The summed E-state index contributed by atoms with van der Waals surface area (Å²) in [7, 11) is 1.83. The van der Waals surface area contributed by atoms with Crippen LogP contribution in [0.25, 0.3) is 22.5 Å². The molecule has 0 fully saturated rings. The van der Waals surface area contributed by atoms with Gasteiger partial charge in [0, 0.05) is 24.9 Å². The van der Waals surface area contributed by atoms with E-state index in [-0.39, 0.29) is 0 Å². The van der Waals surface area contributed by atoms with E-state index in [1.807, 2.05) is 67.8 Å². The highest BCUT2D eigenvalue weighted by atomic mass is 35.5. The van der Waals surface area contributed by atoms with E-state index in [0.29, 0.717) is 23.5 Å². The Balaban J connectivity index is 1.67. The number of rotatable bonds is 6. The van der Waals surface area contributed by atoms with Crippen molar-refractivity contribution in [1.29, 1.82) is 0 Å². The van der Waals surface area contributed by atoms with Gasteiger partial charge in [-0.2, -0.15) is 5.10 Å². The molecular formula is C22H20ClN5O. The molecule has 146 valence electrons. The molecule has 3 aromatic heterocycles. The molecule has 0 radical (unpaired) electrons. The van der Waals surface area contributed by atoms with Gasteiger partial charge in [-0.1, -0.05) is 48.0 Å². The molecule has 0 saturated heterocycles. The number of aryl methyl sites for hydroxylation is 1. The molecular weight excluding hydrogens is 386 g/mol. The van der Waals surface area contributed by atoms with Gasteiger partial charge in [-0.05, 0) is 36.7 Å². The van der Waals surface area contributed by atoms with Crippen LogP contribution in [0.5, 0.6) is 11.8 Å². The van der Waals surface area contributed by atoms with Crippen molar-refractivity contribution in [3.05, 3.63) is 77.6 Å². The van der Waals surface area contributed by atoms with Gasteiger partial charge in [-0.3, -0.25) is 4.98 Å². The van der Waals surface area contributed by atoms with Crippen molar-refractivity contribution in [2.75, 3.05) is 6.54 Å². The summed E-state index contributed by atoms with van der Waals surface area (Å²) in [6.07, 6.45) is 2.60. The van der Waals surface area contributed by atoms with E-state index in [1.165, 1.54) is 0 Å². The molecule has 0 unspecified atom stereocenters. The zero-order valence-corrected chi connectivity index (χ0v) is 16.7. The van der Waals surface area contributed by atoms with E-state index in [0.717, 1.165) is 34.5 Å². The first-order valence-electron chi connectivity index (χ1n) is 9.23. The van der Waals surface area contributed by atoms with Crippen molar-refractivity contribution in [2.45, 2.75) is 6.42 Å². The van der Waals surface area contributed by atoms with Crippen LogP contribution in [-0.4, -0.2) is 26.3 Å². The van der Waals surface area contributed by atoms with Crippen molar-refractivity contribution in [1.82, 2.24) is 19.7 Å². The molecule has 7 heteroatoms. The van der Waals surface area contributed by atoms with Crippen LogP contribution in [0.1, 0.15) is 5.56 Å². The molecule has 3 heterocycles. The van der Waals surface area contributed by atoms with E-state index < -0.39 is 0 Å². The topological polar surface area (TPSA) is 78.8 Å². The largest absolute Gasteiger partial charge is 0.420 e. The number of nitrogens with two attached hydrogens (primary N) is 1. The first-order valence-corrected chi connectivity index (χ1v) is 9.61. The fourth-order valence-electron chi connectivity index (χ4n) is 2.98. The Kier molecular flexibility index (Phi) is 5.55. The van der Waals surface area contributed by atoms with Gasteiger partial charge in [0.1, 0.15) is 5.15 Å². The number of benzene rings is 1. The Morgan fingerprint density at radius 1 is 1.03 bits per heavy atom. The third-order valence-corrected chi connectivity index (χ3v) is 4.68. The van der Waals surface area contributed by atoms with Gasteiger partial charge in [0.25, 0.3) is 0 Å². The molecule has 4 aromatic rings. The Hall–Kier alpha value is -3.22. The molecule has 0 saturated carbocycles. The average Bonchev–Trinajstić information content (AvgIpc) is 3.10. The minimum atomic E-state index is 0.342. The maximum atomic E-state index is 6.13. The van der Waals surface area contributed by atoms with Crippen LogP contribution in [0.3, 0.4) is 0 Å². The number of hydrogen-bond acceptors (Lipinski definition) is 5. The maximum absolute atomic E-state index is 6.13. The Morgan fingerprint density at radius 2 is 1.86 bits per heavy atom. The predicted molar refractivity (Wildman–Crippen MR) is 114 cm³/mol. The third kappa shape index (κ3) is 4.29. The highest BCUT2D eigenvalue weighted by Gasteiger charge is 2.15. The number of nitrogens with zero attached hydrogens (tertiary/aromatic N) is 4. The molecule has 29 heavy (non-hydrogen) atoms. The molecule has 0 atom stereocenters. The minimum Gasteiger partial charge on any atom is -0.420 e. The van der Waals surface area contributed by atoms with Crippen LogP contribution >= 0.6 is 11.6 Å². The second-order valence-electron chi connectivity index (χ2n) is 6.54. The molecule has 0 amide bonds. The van der Waals surface area contributed by atoms with E-state index in [2.05, 4.69) is 15.1 Å². The summed E-state index contributed by atoms with van der Waals surface area (Å²) >= 11 is 6.13. The smallest absolute Gasteiger partial charge is 0.232 e. The van der Waals surface area contributed by atoms with E-state index >= 15 is 0 Å².